The highest BCUT2D eigenvalue weighted by Crippen LogP contribution is 2.39. The lowest BCUT2D eigenvalue weighted by Gasteiger charge is -2.27. The smallest absolute Gasteiger partial charge is 0.00669 e. The second kappa shape index (κ2) is 4.45. The van der Waals surface area contributed by atoms with Crippen LogP contribution in [-0.2, 0) is 0 Å². The molecule has 0 heterocycles. The summed E-state index contributed by atoms with van der Waals surface area (Å²) in [5.74, 6) is 2.16. The summed E-state index contributed by atoms with van der Waals surface area (Å²) in [5.41, 5.74) is 0. The standard InChI is InChI=1S/C12H23N/c1-13-12-8-7-11(9-12)10-5-3-2-4-6-10/h10-13H,2-9H2,1H3. The van der Waals surface area contributed by atoms with Crippen molar-refractivity contribution in [2.24, 2.45) is 11.8 Å². The molecule has 0 aromatic heterocycles. The third-order valence-electron chi connectivity index (χ3n) is 4.20. The fraction of sp³-hybridized carbons (Fsp3) is 1.00. The summed E-state index contributed by atoms with van der Waals surface area (Å²) < 4.78 is 0. The Bertz CT molecular complexity index is 149. The molecular weight excluding hydrogens is 158 g/mol. The second-order valence-electron chi connectivity index (χ2n) is 4.96. The van der Waals surface area contributed by atoms with Gasteiger partial charge in [0.15, 0.2) is 0 Å². The van der Waals surface area contributed by atoms with Crippen molar-refractivity contribution in [3.63, 3.8) is 0 Å². The van der Waals surface area contributed by atoms with Gasteiger partial charge in [-0.3, -0.25) is 0 Å². The first-order valence-electron chi connectivity index (χ1n) is 6.07. The summed E-state index contributed by atoms with van der Waals surface area (Å²) in [6.07, 6.45) is 12.0. The largest absolute Gasteiger partial charge is 0.317 e. The van der Waals surface area contributed by atoms with Gasteiger partial charge in [-0.05, 0) is 38.1 Å². The van der Waals surface area contributed by atoms with Gasteiger partial charge in [0.1, 0.15) is 0 Å². The van der Waals surface area contributed by atoms with Gasteiger partial charge in [-0.2, -0.15) is 0 Å². The van der Waals surface area contributed by atoms with E-state index < -0.39 is 0 Å². The quantitative estimate of drug-likeness (QED) is 0.690. The molecule has 0 bridgehead atoms. The van der Waals surface area contributed by atoms with E-state index in [1.807, 2.05) is 0 Å². The minimum atomic E-state index is 0.840. The van der Waals surface area contributed by atoms with E-state index in [2.05, 4.69) is 12.4 Å². The Kier molecular flexibility index (Phi) is 3.26. The molecule has 0 amide bonds. The molecule has 76 valence electrons. The molecule has 0 spiro atoms. The van der Waals surface area contributed by atoms with E-state index in [1.54, 1.807) is 0 Å². The summed E-state index contributed by atoms with van der Waals surface area (Å²) in [5, 5.41) is 3.43. The van der Waals surface area contributed by atoms with Gasteiger partial charge in [0.05, 0.1) is 0 Å². The molecule has 0 saturated heterocycles. The van der Waals surface area contributed by atoms with Crippen LogP contribution in [-0.4, -0.2) is 13.1 Å². The number of nitrogens with one attached hydrogen (secondary N) is 1. The Labute approximate surface area is 82.3 Å². The van der Waals surface area contributed by atoms with E-state index in [4.69, 9.17) is 0 Å². The van der Waals surface area contributed by atoms with Gasteiger partial charge in [0, 0.05) is 6.04 Å². The van der Waals surface area contributed by atoms with E-state index in [0.29, 0.717) is 0 Å². The van der Waals surface area contributed by atoms with Crippen molar-refractivity contribution in [3.8, 4) is 0 Å². The average molecular weight is 181 g/mol. The van der Waals surface area contributed by atoms with Gasteiger partial charge in [-0.1, -0.05) is 32.1 Å². The van der Waals surface area contributed by atoms with Gasteiger partial charge in [-0.15, -0.1) is 0 Å². The highest BCUT2D eigenvalue weighted by Gasteiger charge is 2.30. The molecule has 2 rings (SSSR count). The predicted octanol–water partition coefficient (Wildman–Crippen LogP) is 2.95. The third kappa shape index (κ3) is 2.25. The zero-order valence-electron chi connectivity index (χ0n) is 8.89. The van der Waals surface area contributed by atoms with Gasteiger partial charge < -0.3 is 5.32 Å². The average Bonchev–Trinajstić information content (AvgIpc) is 2.67. The minimum absolute atomic E-state index is 0.840. The van der Waals surface area contributed by atoms with Crippen molar-refractivity contribution in [1.29, 1.82) is 0 Å². The maximum atomic E-state index is 3.43. The first-order valence-corrected chi connectivity index (χ1v) is 6.07. The van der Waals surface area contributed by atoms with Gasteiger partial charge >= 0.3 is 0 Å². The first kappa shape index (κ1) is 9.51. The molecule has 0 aliphatic heterocycles. The van der Waals surface area contributed by atoms with Crippen LogP contribution in [0.2, 0.25) is 0 Å². The van der Waals surface area contributed by atoms with Crippen LogP contribution in [0.25, 0.3) is 0 Å². The van der Waals surface area contributed by atoms with Crippen molar-refractivity contribution < 1.29 is 0 Å². The Hall–Kier alpha value is -0.0400. The van der Waals surface area contributed by atoms with Gasteiger partial charge in [0.25, 0.3) is 0 Å². The van der Waals surface area contributed by atoms with Crippen LogP contribution in [0.4, 0.5) is 0 Å². The number of rotatable bonds is 2. The maximum Gasteiger partial charge on any atom is 0.00669 e. The fourth-order valence-corrected chi connectivity index (χ4v) is 3.31. The topological polar surface area (TPSA) is 12.0 Å². The van der Waals surface area contributed by atoms with E-state index in [-0.39, 0.29) is 0 Å². The van der Waals surface area contributed by atoms with Crippen LogP contribution in [0.5, 0.6) is 0 Å². The molecule has 1 heteroatoms. The predicted molar refractivity (Wildman–Crippen MR) is 56.8 cm³/mol. The molecule has 0 aromatic rings. The summed E-state index contributed by atoms with van der Waals surface area (Å²) in [6, 6.07) is 0.840. The second-order valence-corrected chi connectivity index (χ2v) is 4.96. The van der Waals surface area contributed by atoms with Crippen molar-refractivity contribution in [3.05, 3.63) is 0 Å². The minimum Gasteiger partial charge on any atom is -0.317 e. The van der Waals surface area contributed by atoms with Crippen LogP contribution in [0.1, 0.15) is 51.4 Å². The molecule has 1 nitrogen and oxygen atoms in total. The summed E-state index contributed by atoms with van der Waals surface area (Å²) in [6.45, 7) is 0. The van der Waals surface area contributed by atoms with Crippen molar-refractivity contribution >= 4 is 0 Å². The molecule has 2 aliphatic rings. The Balaban J connectivity index is 1.80. The summed E-state index contributed by atoms with van der Waals surface area (Å²) in [4.78, 5) is 0. The normalized spacial score (nSPS) is 36.7. The van der Waals surface area contributed by atoms with Gasteiger partial charge in [0.2, 0.25) is 0 Å². The Morgan fingerprint density at radius 3 is 2.23 bits per heavy atom. The van der Waals surface area contributed by atoms with Gasteiger partial charge in [-0.25, -0.2) is 0 Å². The third-order valence-corrected chi connectivity index (χ3v) is 4.20. The molecule has 2 aliphatic carbocycles. The highest BCUT2D eigenvalue weighted by atomic mass is 14.9. The molecule has 2 saturated carbocycles. The SMILES string of the molecule is CNC1CCC(C2CCCCC2)C1. The monoisotopic (exact) mass is 181 g/mol. The number of hydrogen-bond acceptors (Lipinski definition) is 1. The molecular formula is C12H23N. The Morgan fingerprint density at radius 2 is 1.62 bits per heavy atom. The maximum absolute atomic E-state index is 3.43. The van der Waals surface area contributed by atoms with Crippen LogP contribution in [0, 0.1) is 11.8 Å². The van der Waals surface area contributed by atoms with E-state index >= 15 is 0 Å². The molecule has 13 heavy (non-hydrogen) atoms. The van der Waals surface area contributed by atoms with Crippen LogP contribution < -0.4 is 5.32 Å². The molecule has 1 N–H and O–H groups in total. The summed E-state index contributed by atoms with van der Waals surface area (Å²) in [7, 11) is 2.12. The van der Waals surface area contributed by atoms with Crippen molar-refractivity contribution in [2.75, 3.05) is 7.05 Å². The van der Waals surface area contributed by atoms with E-state index in [1.165, 1.54) is 51.4 Å². The molecule has 2 fully saturated rings. The lowest BCUT2D eigenvalue weighted by molar-refractivity contribution is 0.248. The lowest BCUT2D eigenvalue weighted by Crippen LogP contribution is -2.23. The summed E-state index contributed by atoms with van der Waals surface area (Å²) >= 11 is 0. The van der Waals surface area contributed by atoms with Crippen molar-refractivity contribution in [2.45, 2.75) is 57.4 Å². The molecule has 2 atom stereocenters. The fourth-order valence-electron chi connectivity index (χ4n) is 3.31. The van der Waals surface area contributed by atoms with E-state index in [0.717, 1.165) is 17.9 Å². The van der Waals surface area contributed by atoms with Crippen LogP contribution >= 0.6 is 0 Å². The Morgan fingerprint density at radius 1 is 0.846 bits per heavy atom. The zero-order valence-corrected chi connectivity index (χ0v) is 8.89. The molecule has 2 unspecified atom stereocenters. The lowest BCUT2D eigenvalue weighted by atomic mass is 9.79. The zero-order chi connectivity index (χ0) is 9.10. The molecule has 0 radical (unpaired) electrons. The highest BCUT2D eigenvalue weighted by molar-refractivity contribution is 4.84. The first-order chi connectivity index (χ1) is 6.40. The molecule has 0 aromatic carbocycles. The van der Waals surface area contributed by atoms with Crippen molar-refractivity contribution in [1.82, 2.24) is 5.32 Å². The van der Waals surface area contributed by atoms with Crippen LogP contribution in [0.3, 0.4) is 0 Å². The van der Waals surface area contributed by atoms with E-state index in [9.17, 15) is 0 Å². The number of hydrogen-bond donors (Lipinski definition) is 1. The van der Waals surface area contributed by atoms with Crippen LogP contribution in [0.15, 0.2) is 0 Å².